The molecule has 0 spiro atoms. The minimum atomic E-state index is -1.14. The standard InChI is InChI=1S/C22H23NO5/c1-13-4-5-14(2)17(8-13)20(24)23-10-18-16-7-6-15(27-3)9-19(16)28-12-22(18,11-23)21(25)26/h4-9,18H,10-12H2,1-3H3,(H,25,26)/t18-,22-/m0/s1. The number of methoxy groups -OCH3 is 1. The monoisotopic (exact) mass is 381 g/mol. The number of carbonyl (C=O) groups excluding carboxylic acids is 1. The second kappa shape index (κ2) is 6.55. The van der Waals surface area contributed by atoms with Gasteiger partial charge in [-0.2, -0.15) is 0 Å². The number of carboxylic acid groups (broad SMARTS) is 1. The number of carbonyl (C=O) groups is 2. The third-order valence-electron chi connectivity index (χ3n) is 5.96. The van der Waals surface area contributed by atoms with Gasteiger partial charge in [0, 0.05) is 36.2 Å². The molecular weight excluding hydrogens is 358 g/mol. The van der Waals surface area contributed by atoms with Crippen molar-refractivity contribution < 1.29 is 24.2 Å². The summed E-state index contributed by atoms with van der Waals surface area (Å²) in [6.07, 6.45) is 0. The Balaban J connectivity index is 1.72. The highest BCUT2D eigenvalue weighted by Crippen LogP contribution is 2.50. The van der Waals surface area contributed by atoms with Crippen molar-refractivity contribution in [1.29, 1.82) is 0 Å². The van der Waals surface area contributed by atoms with E-state index in [2.05, 4.69) is 0 Å². The van der Waals surface area contributed by atoms with E-state index in [-0.39, 0.29) is 25.0 Å². The number of likely N-dealkylation sites (tertiary alicyclic amines) is 1. The van der Waals surface area contributed by atoms with E-state index in [0.29, 0.717) is 23.6 Å². The average Bonchev–Trinajstić information content (AvgIpc) is 3.10. The van der Waals surface area contributed by atoms with Gasteiger partial charge in [0.05, 0.1) is 7.11 Å². The molecule has 6 nitrogen and oxygen atoms in total. The van der Waals surface area contributed by atoms with Crippen molar-refractivity contribution >= 4 is 11.9 Å². The fourth-order valence-electron chi connectivity index (χ4n) is 4.28. The maximum Gasteiger partial charge on any atom is 0.315 e. The summed E-state index contributed by atoms with van der Waals surface area (Å²) in [5.41, 5.74) is 2.17. The maximum atomic E-state index is 13.2. The first-order chi connectivity index (χ1) is 13.4. The van der Waals surface area contributed by atoms with Gasteiger partial charge in [0.25, 0.3) is 5.91 Å². The van der Waals surface area contributed by atoms with Crippen LogP contribution in [0.25, 0.3) is 0 Å². The van der Waals surface area contributed by atoms with Gasteiger partial charge in [-0.05, 0) is 31.5 Å². The summed E-state index contributed by atoms with van der Waals surface area (Å²) in [6, 6.07) is 11.2. The number of fused-ring (bicyclic) bond motifs is 3. The molecule has 2 aromatic rings. The SMILES string of the molecule is COc1ccc2c(c1)OC[C@@]1(C(=O)O)CN(C(=O)c3cc(C)ccc3C)C[C@@H]21. The number of hydrogen-bond donors (Lipinski definition) is 1. The van der Waals surface area contributed by atoms with Crippen LogP contribution >= 0.6 is 0 Å². The van der Waals surface area contributed by atoms with Crippen LogP contribution in [0, 0.1) is 19.3 Å². The van der Waals surface area contributed by atoms with E-state index in [4.69, 9.17) is 9.47 Å². The van der Waals surface area contributed by atoms with Crippen molar-refractivity contribution in [1.82, 2.24) is 4.90 Å². The van der Waals surface area contributed by atoms with Crippen LogP contribution in [0.5, 0.6) is 11.5 Å². The summed E-state index contributed by atoms with van der Waals surface area (Å²) in [5, 5.41) is 10.1. The molecule has 1 fully saturated rings. The Hall–Kier alpha value is -3.02. The molecule has 146 valence electrons. The lowest BCUT2D eigenvalue weighted by atomic mass is 9.73. The molecule has 2 aliphatic heterocycles. The Labute approximate surface area is 163 Å². The smallest absolute Gasteiger partial charge is 0.315 e. The van der Waals surface area contributed by atoms with Gasteiger partial charge in [-0.1, -0.05) is 23.8 Å². The van der Waals surface area contributed by atoms with Gasteiger partial charge in [-0.25, -0.2) is 0 Å². The van der Waals surface area contributed by atoms with Gasteiger partial charge in [-0.15, -0.1) is 0 Å². The minimum Gasteiger partial charge on any atom is -0.497 e. The van der Waals surface area contributed by atoms with Crippen LogP contribution < -0.4 is 9.47 Å². The summed E-state index contributed by atoms with van der Waals surface area (Å²) in [5.74, 6) is -0.111. The van der Waals surface area contributed by atoms with Gasteiger partial charge < -0.3 is 19.5 Å². The molecule has 0 aliphatic carbocycles. The number of hydrogen-bond acceptors (Lipinski definition) is 4. The van der Waals surface area contributed by atoms with Gasteiger partial charge in [0.2, 0.25) is 0 Å². The van der Waals surface area contributed by atoms with Crippen LogP contribution in [0.2, 0.25) is 0 Å². The molecule has 0 aromatic heterocycles. The van der Waals surface area contributed by atoms with Crippen molar-refractivity contribution in [2.45, 2.75) is 19.8 Å². The lowest BCUT2D eigenvalue weighted by Crippen LogP contribution is -2.46. The largest absolute Gasteiger partial charge is 0.497 e. The van der Waals surface area contributed by atoms with Crippen molar-refractivity contribution in [3.05, 3.63) is 58.7 Å². The molecule has 0 unspecified atom stereocenters. The van der Waals surface area contributed by atoms with Crippen LogP contribution in [-0.2, 0) is 4.79 Å². The fourth-order valence-corrected chi connectivity index (χ4v) is 4.28. The molecule has 6 heteroatoms. The van der Waals surface area contributed by atoms with E-state index >= 15 is 0 Å². The van der Waals surface area contributed by atoms with E-state index in [1.54, 1.807) is 24.1 Å². The first kappa shape index (κ1) is 18.3. The Morgan fingerprint density at radius 2 is 2.00 bits per heavy atom. The minimum absolute atomic E-state index is 0.0315. The van der Waals surface area contributed by atoms with E-state index in [0.717, 1.165) is 16.7 Å². The summed E-state index contributed by atoms with van der Waals surface area (Å²) in [4.78, 5) is 27.1. The molecule has 0 bridgehead atoms. The summed E-state index contributed by atoms with van der Waals surface area (Å²) < 4.78 is 11.1. The molecule has 1 N–H and O–H groups in total. The zero-order valence-electron chi connectivity index (χ0n) is 16.2. The summed E-state index contributed by atoms with van der Waals surface area (Å²) >= 11 is 0. The Bertz CT molecular complexity index is 969. The van der Waals surface area contributed by atoms with Gasteiger partial charge in [0.15, 0.2) is 0 Å². The number of ether oxygens (including phenoxy) is 2. The van der Waals surface area contributed by atoms with Crippen molar-refractivity contribution in [2.75, 3.05) is 26.8 Å². The molecule has 1 saturated heterocycles. The number of amides is 1. The quantitative estimate of drug-likeness (QED) is 0.885. The molecule has 2 atom stereocenters. The molecule has 28 heavy (non-hydrogen) atoms. The highest BCUT2D eigenvalue weighted by Gasteiger charge is 2.57. The highest BCUT2D eigenvalue weighted by atomic mass is 16.5. The Morgan fingerprint density at radius 3 is 2.71 bits per heavy atom. The van der Waals surface area contributed by atoms with Crippen LogP contribution in [0.15, 0.2) is 36.4 Å². The number of carboxylic acids is 1. The number of benzene rings is 2. The van der Waals surface area contributed by atoms with Crippen LogP contribution in [0.3, 0.4) is 0 Å². The van der Waals surface area contributed by atoms with Crippen LogP contribution in [0.4, 0.5) is 0 Å². The predicted molar refractivity (Wildman–Crippen MR) is 103 cm³/mol. The van der Waals surface area contributed by atoms with E-state index in [1.165, 1.54) is 0 Å². The van der Waals surface area contributed by atoms with Gasteiger partial charge in [0.1, 0.15) is 23.5 Å². The van der Waals surface area contributed by atoms with Crippen molar-refractivity contribution in [3.8, 4) is 11.5 Å². The molecule has 0 radical (unpaired) electrons. The topological polar surface area (TPSA) is 76.1 Å². The lowest BCUT2D eigenvalue weighted by molar-refractivity contribution is -0.151. The Morgan fingerprint density at radius 1 is 1.21 bits per heavy atom. The van der Waals surface area contributed by atoms with Gasteiger partial charge >= 0.3 is 5.97 Å². The zero-order chi connectivity index (χ0) is 20.1. The van der Waals surface area contributed by atoms with Crippen molar-refractivity contribution in [2.24, 2.45) is 5.41 Å². The third-order valence-corrected chi connectivity index (χ3v) is 5.96. The first-order valence-corrected chi connectivity index (χ1v) is 9.26. The molecule has 0 saturated carbocycles. The van der Waals surface area contributed by atoms with Gasteiger partial charge in [-0.3, -0.25) is 9.59 Å². The Kier molecular flexibility index (Phi) is 4.29. The summed E-state index contributed by atoms with van der Waals surface area (Å²) in [7, 11) is 1.58. The zero-order valence-corrected chi connectivity index (χ0v) is 16.2. The van der Waals surface area contributed by atoms with E-state index < -0.39 is 11.4 Å². The number of rotatable bonds is 3. The predicted octanol–water partition coefficient (Wildman–Crippen LogP) is 3.02. The maximum absolute atomic E-state index is 13.2. The number of aryl methyl sites for hydroxylation is 2. The van der Waals surface area contributed by atoms with Crippen LogP contribution in [-0.4, -0.2) is 48.7 Å². The molecule has 2 aliphatic rings. The highest BCUT2D eigenvalue weighted by molar-refractivity contribution is 5.97. The second-order valence-electron chi connectivity index (χ2n) is 7.71. The van der Waals surface area contributed by atoms with E-state index in [9.17, 15) is 14.7 Å². The van der Waals surface area contributed by atoms with E-state index in [1.807, 2.05) is 38.1 Å². The fraction of sp³-hybridized carbons (Fsp3) is 0.364. The first-order valence-electron chi connectivity index (χ1n) is 9.26. The second-order valence-corrected chi connectivity index (χ2v) is 7.71. The number of aliphatic carboxylic acids is 1. The molecule has 2 aromatic carbocycles. The molecule has 4 rings (SSSR count). The average molecular weight is 381 g/mol. The van der Waals surface area contributed by atoms with Crippen LogP contribution in [0.1, 0.15) is 33.0 Å². The lowest BCUT2D eigenvalue weighted by Gasteiger charge is -2.35. The molecule has 2 heterocycles. The molecule has 1 amide bonds. The van der Waals surface area contributed by atoms with Crippen molar-refractivity contribution in [3.63, 3.8) is 0 Å². The molecular formula is C22H23NO5. The summed E-state index contributed by atoms with van der Waals surface area (Å²) in [6.45, 7) is 4.35. The normalized spacial score (nSPS) is 22.8. The third kappa shape index (κ3) is 2.71. The number of nitrogens with zero attached hydrogens (tertiary/aromatic N) is 1.